The van der Waals surface area contributed by atoms with E-state index in [1.165, 1.54) is 0 Å². The molecule has 1 amide bonds. The van der Waals surface area contributed by atoms with E-state index in [0.29, 0.717) is 11.3 Å². The molecule has 0 aliphatic carbocycles. The number of ether oxygens (including phenoxy) is 1. The Kier molecular flexibility index (Phi) is 3.79. The van der Waals surface area contributed by atoms with Gasteiger partial charge in [0.05, 0.1) is 16.5 Å². The van der Waals surface area contributed by atoms with Gasteiger partial charge in [-0.05, 0) is 32.0 Å². The molecule has 2 aromatic heterocycles. The summed E-state index contributed by atoms with van der Waals surface area (Å²) in [4.78, 5) is 18.6. The van der Waals surface area contributed by atoms with Gasteiger partial charge in [-0.1, -0.05) is 0 Å². The molecule has 0 N–H and O–H groups in total. The van der Waals surface area contributed by atoms with Crippen LogP contribution in [0.4, 0.5) is 0 Å². The van der Waals surface area contributed by atoms with Crippen LogP contribution >= 0.6 is 11.8 Å². The molecule has 0 aromatic carbocycles. The van der Waals surface area contributed by atoms with Crippen LogP contribution in [0, 0.1) is 13.8 Å². The molecule has 0 bridgehead atoms. The molecule has 2 aliphatic rings. The zero-order valence-corrected chi connectivity index (χ0v) is 14.6. The standard InChI is InChI=1S/C18H20N2O3S/c1-12-6-16(13(2)22-12)17(21)20-10-18(11-20)7-15(9-24-18)23-14-4-3-5-19-8-14/h3-6,8,15H,7,9-11H2,1-2H3. The number of aryl methyl sites for hydroxylation is 2. The van der Waals surface area contributed by atoms with Crippen molar-refractivity contribution >= 4 is 17.7 Å². The Morgan fingerprint density at radius 3 is 2.96 bits per heavy atom. The van der Waals surface area contributed by atoms with E-state index < -0.39 is 0 Å². The molecule has 2 fully saturated rings. The van der Waals surface area contributed by atoms with Crippen LogP contribution in [-0.4, -0.2) is 45.5 Å². The van der Waals surface area contributed by atoms with Crippen LogP contribution < -0.4 is 4.74 Å². The first-order chi connectivity index (χ1) is 11.5. The lowest BCUT2D eigenvalue weighted by Crippen LogP contribution is -2.60. The second-order valence-electron chi connectivity index (χ2n) is 6.61. The van der Waals surface area contributed by atoms with Crippen molar-refractivity contribution in [2.75, 3.05) is 18.8 Å². The van der Waals surface area contributed by atoms with Crippen LogP contribution in [0.15, 0.2) is 35.0 Å². The van der Waals surface area contributed by atoms with Gasteiger partial charge in [-0.15, -0.1) is 11.8 Å². The molecular formula is C18H20N2O3S. The fourth-order valence-corrected chi connectivity index (χ4v) is 5.04. The number of carbonyl (C=O) groups excluding carboxylic acids is 1. The van der Waals surface area contributed by atoms with Gasteiger partial charge in [0.15, 0.2) is 0 Å². The monoisotopic (exact) mass is 344 g/mol. The van der Waals surface area contributed by atoms with E-state index in [-0.39, 0.29) is 16.8 Å². The van der Waals surface area contributed by atoms with E-state index >= 15 is 0 Å². The number of carbonyl (C=O) groups is 1. The Morgan fingerprint density at radius 1 is 1.46 bits per heavy atom. The number of likely N-dealkylation sites (tertiary alicyclic amines) is 1. The predicted octanol–water partition coefficient (Wildman–Crippen LogP) is 3.07. The fraction of sp³-hybridized carbons (Fsp3) is 0.444. The molecule has 1 unspecified atom stereocenters. The third-order valence-corrected chi connectivity index (χ3v) is 6.20. The van der Waals surface area contributed by atoms with E-state index in [2.05, 4.69) is 4.98 Å². The highest BCUT2D eigenvalue weighted by molar-refractivity contribution is 8.01. The second-order valence-corrected chi connectivity index (χ2v) is 8.10. The maximum atomic E-state index is 12.6. The van der Waals surface area contributed by atoms with Crippen molar-refractivity contribution in [2.45, 2.75) is 31.1 Å². The van der Waals surface area contributed by atoms with Gasteiger partial charge in [-0.25, -0.2) is 0 Å². The molecule has 4 rings (SSSR count). The molecular weight excluding hydrogens is 324 g/mol. The molecule has 126 valence electrons. The SMILES string of the molecule is Cc1cc(C(=O)N2CC3(CC(Oc4cccnc4)CS3)C2)c(C)o1. The van der Waals surface area contributed by atoms with E-state index in [9.17, 15) is 4.79 Å². The lowest BCUT2D eigenvalue weighted by atomic mass is 9.92. The highest BCUT2D eigenvalue weighted by Gasteiger charge is 2.51. The number of thioether (sulfide) groups is 1. The number of aromatic nitrogens is 1. The Balaban J connectivity index is 1.35. The third-order valence-electron chi connectivity index (χ3n) is 4.63. The van der Waals surface area contributed by atoms with E-state index in [1.54, 1.807) is 12.4 Å². The third kappa shape index (κ3) is 2.79. The highest BCUT2D eigenvalue weighted by atomic mass is 32.2. The Labute approximate surface area is 145 Å². The minimum atomic E-state index is 0.0761. The molecule has 1 atom stereocenters. The molecule has 24 heavy (non-hydrogen) atoms. The lowest BCUT2D eigenvalue weighted by molar-refractivity contribution is 0.0516. The largest absolute Gasteiger partial charge is 0.488 e. The maximum absolute atomic E-state index is 12.6. The molecule has 2 aromatic rings. The van der Waals surface area contributed by atoms with Gasteiger partial charge in [0.1, 0.15) is 23.4 Å². The number of furan rings is 1. The fourth-order valence-electron chi connectivity index (χ4n) is 3.51. The summed E-state index contributed by atoms with van der Waals surface area (Å²) in [6.07, 6.45) is 4.65. The first kappa shape index (κ1) is 15.6. The maximum Gasteiger partial charge on any atom is 0.257 e. The molecule has 6 heteroatoms. The van der Waals surface area contributed by atoms with Crippen LogP contribution in [-0.2, 0) is 0 Å². The number of pyridine rings is 1. The summed E-state index contributed by atoms with van der Waals surface area (Å²) in [5.41, 5.74) is 0.688. The first-order valence-electron chi connectivity index (χ1n) is 8.12. The van der Waals surface area contributed by atoms with Gasteiger partial charge >= 0.3 is 0 Å². The van der Waals surface area contributed by atoms with Crippen molar-refractivity contribution in [3.63, 3.8) is 0 Å². The van der Waals surface area contributed by atoms with Gasteiger partial charge in [0, 0.05) is 31.5 Å². The van der Waals surface area contributed by atoms with E-state index in [0.717, 1.165) is 36.8 Å². The molecule has 5 nitrogen and oxygen atoms in total. The topological polar surface area (TPSA) is 55.6 Å². The zero-order valence-electron chi connectivity index (χ0n) is 13.8. The van der Waals surface area contributed by atoms with Crippen LogP contribution in [0.2, 0.25) is 0 Å². The number of nitrogens with zero attached hydrogens (tertiary/aromatic N) is 2. The van der Waals surface area contributed by atoms with Crippen molar-refractivity contribution in [3.05, 3.63) is 47.7 Å². The number of rotatable bonds is 3. The van der Waals surface area contributed by atoms with Crippen molar-refractivity contribution in [1.29, 1.82) is 0 Å². The van der Waals surface area contributed by atoms with Gasteiger partial charge in [-0.2, -0.15) is 0 Å². The van der Waals surface area contributed by atoms with Crippen molar-refractivity contribution in [1.82, 2.24) is 9.88 Å². The van der Waals surface area contributed by atoms with E-state index in [1.807, 2.05) is 48.7 Å². The predicted molar refractivity (Wildman–Crippen MR) is 92.5 cm³/mol. The Bertz CT molecular complexity index is 753. The summed E-state index contributed by atoms with van der Waals surface area (Å²) >= 11 is 1.92. The molecule has 2 aliphatic heterocycles. The summed E-state index contributed by atoms with van der Waals surface area (Å²) < 4.78 is 11.6. The molecule has 0 saturated carbocycles. The first-order valence-corrected chi connectivity index (χ1v) is 9.10. The summed E-state index contributed by atoms with van der Waals surface area (Å²) in [5.74, 6) is 3.34. The van der Waals surface area contributed by atoms with E-state index in [4.69, 9.17) is 9.15 Å². The van der Waals surface area contributed by atoms with Crippen LogP contribution in [0.1, 0.15) is 28.3 Å². The molecule has 1 spiro atoms. The van der Waals surface area contributed by atoms with Crippen LogP contribution in [0.5, 0.6) is 5.75 Å². The lowest BCUT2D eigenvalue weighted by Gasteiger charge is -2.47. The molecule has 2 saturated heterocycles. The van der Waals surface area contributed by atoms with Gasteiger partial charge in [-0.3, -0.25) is 9.78 Å². The summed E-state index contributed by atoms with van der Waals surface area (Å²) in [5, 5.41) is 0. The average molecular weight is 344 g/mol. The molecule has 4 heterocycles. The quantitative estimate of drug-likeness (QED) is 0.856. The number of hydrogen-bond acceptors (Lipinski definition) is 5. The Hall–Kier alpha value is -1.95. The second kappa shape index (κ2) is 5.84. The van der Waals surface area contributed by atoms with Gasteiger partial charge in [0.25, 0.3) is 5.91 Å². The minimum Gasteiger partial charge on any atom is -0.488 e. The summed E-state index contributed by atoms with van der Waals surface area (Å²) in [7, 11) is 0. The summed E-state index contributed by atoms with van der Waals surface area (Å²) in [6, 6.07) is 5.65. The van der Waals surface area contributed by atoms with Crippen molar-refractivity contribution < 1.29 is 13.9 Å². The minimum absolute atomic E-state index is 0.0761. The highest BCUT2D eigenvalue weighted by Crippen LogP contribution is 2.46. The number of hydrogen-bond donors (Lipinski definition) is 0. The zero-order chi connectivity index (χ0) is 16.7. The summed E-state index contributed by atoms with van der Waals surface area (Å²) in [6.45, 7) is 5.28. The van der Waals surface area contributed by atoms with Crippen LogP contribution in [0.25, 0.3) is 0 Å². The molecule has 0 radical (unpaired) electrons. The van der Waals surface area contributed by atoms with Gasteiger partial charge in [0.2, 0.25) is 0 Å². The average Bonchev–Trinajstić information content (AvgIpc) is 3.10. The normalized spacial score (nSPS) is 21.8. The van der Waals surface area contributed by atoms with Crippen LogP contribution in [0.3, 0.4) is 0 Å². The van der Waals surface area contributed by atoms with Crippen molar-refractivity contribution in [2.24, 2.45) is 0 Å². The van der Waals surface area contributed by atoms with Gasteiger partial charge < -0.3 is 14.1 Å². The van der Waals surface area contributed by atoms with Crippen molar-refractivity contribution in [3.8, 4) is 5.75 Å². The number of amides is 1. The smallest absolute Gasteiger partial charge is 0.257 e. The Morgan fingerprint density at radius 2 is 2.29 bits per heavy atom.